The fourth-order valence-corrected chi connectivity index (χ4v) is 1.46. The molecule has 1 rings (SSSR count). The van der Waals surface area contributed by atoms with Crippen molar-refractivity contribution in [3.8, 4) is 0 Å². The minimum Gasteiger partial charge on any atom is -0.468 e. The summed E-state index contributed by atoms with van der Waals surface area (Å²) in [5, 5.41) is 0. The van der Waals surface area contributed by atoms with Gasteiger partial charge < -0.3 is 9.47 Å². The Hall–Kier alpha value is -1.32. The molecule has 0 radical (unpaired) electrons. The maximum absolute atomic E-state index is 11.4. The van der Waals surface area contributed by atoms with Gasteiger partial charge >= 0.3 is 11.9 Å². The van der Waals surface area contributed by atoms with Crippen LogP contribution in [0.25, 0.3) is 0 Å². The summed E-state index contributed by atoms with van der Waals surface area (Å²) in [5.74, 6) is -1.05. The third kappa shape index (κ3) is 1.43. The van der Waals surface area contributed by atoms with Crippen LogP contribution in [0.15, 0.2) is 12.2 Å². The lowest BCUT2D eigenvalue weighted by atomic mass is 9.85. The molecule has 4 nitrogen and oxygen atoms in total. The molecule has 0 amide bonds. The quantitative estimate of drug-likeness (QED) is 0.359. The Morgan fingerprint density at radius 1 is 1.08 bits per heavy atom. The predicted molar refractivity (Wildman–Crippen MR) is 44.8 cm³/mol. The van der Waals surface area contributed by atoms with Crippen molar-refractivity contribution in [1.29, 1.82) is 0 Å². The number of rotatable bonds is 2. The highest BCUT2D eigenvalue weighted by Gasteiger charge is 2.48. The highest BCUT2D eigenvalue weighted by atomic mass is 16.5. The van der Waals surface area contributed by atoms with E-state index >= 15 is 0 Å². The molecular weight excluding hydrogens is 172 g/mol. The number of hydrogen-bond acceptors (Lipinski definition) is 4. The molecule has 0 unspecified atom stereocenters. The van der Waals surface area contributed by atoms with Gasteiger partial charge in [-0.2, -0.15) is 0 Å². The van der Waals surface area contributed by atoms with Crippen molar-refractivity contribution in [3.63, 3.8) is 0 Å². The molecule has 0 saturated heterocycles. The molecule has 0 fully saturated rings. The van der Waals surface area contributed by atoms with Crippen LogP contribution < -0.4 is 0 Å². The Morgan fingerprint density at radius 3 is 1.77 bits per heavy atom. The van der Waals surface area contributed by atoms with Crippen LogP contribution in [0.4, 0.5) is 0 Å². The molecule has 0 bridgehead atoms. The molecule has 1 aliphatic rings. The summed E-state index contributed by atoms with van der Waals surface area (Å²) in [7, 11) is 2.54. The third-order valence-electron chi connectivity index (χ3n) is 2.25. The smallest absolute Gasteiger partial charge is 0.323 e. The summed E-state index contributed by atoms with van der Waals surface area (Å²) < 4.78 is 9.16. The minimum absolute atomic E-state index is 0.367. The van der Waals surface area contributed by atoms with Gasteiger partial charge in [0, 0.05) is 0 Å². The van der Waals surface area contributed by atoms with Crippen molar-refractivity contribution in [2.45, 2.75) is 12.8 Å². The number of methoxy groups -OCH3 is 2. The second kappa shape index (κ2) is 3.60. The van der Waals surface area contributed by atoms with Gasteiger partial charge in [0.15, 0.2) is 5.41 Å². The maximum atomic E-state index is 11.4. The van der Waals surface area contributed by atoms with E-state index in [1.807, 2.05) is 0 Å². The molecule has 0 aliphatic heterocycles. The summed E-state index contributed by atoms with van der Waals surface area (Å²) in [6.07, 6.45) is 4.31. The van der Waals surface area contributed by atoms with E-state index in [1.54, 1.807) is 12.2 Å². The SMILES string of the molecule is COC(=O)C1(C(=O)OC)CC=CC1. The number of carbonyl (C=O) groups is 2. The summed E-state index contributed by atoms with van der Waals surface area (Å²) in [6, 6.07) is 0. The van der Waals surface area contributed by atoms with Crippen molar-refractivity contribution in [2.24, 2.45) is 5.41 Å². The van der Waals surface area contributed by atoms with E-state index < -0.39 is 17.4 Å². The van der Waals surface area contributed by atoms with Gasteiger partial charge in [-0.25, -0.2) is 0 Å². The number of carbonyl (C=O) groups excluding carboxylic acids is 2. The molecular formula is C9H12O4. The van der Waals surface area contributed by atoms with E-state index in [1.165, 1.54) is 14.2 Å². The molecule has 0 aromatic rings. The molecule has 0 atom stereocenters. The van der Waals surface area contributed by atoms with Gasteiger partial charge in [0.2, 0.25) is 0 Å². The number of allylic oxidation sites excluding steroid dienone is 2. The molecule has 1 aliphatic carbocycles. The lowest BCUT2D eigenvalue weighted by molar-refractivity contribution is -0.168. The number of hydrogen-bond donors (Lipinski definition) is 0. The van der Waals surface area contributed by atoms with Crippen LogP contribution in [0.5, 0.6) is 0 Å². The van der Waals surface area contributed by atoms with Gasteiger partial charge in [0.25, 0.3) is 0 Å². The fraction of sp³-hybridized carbons (Fsp3) is 0.556. The van der Waals surface area contributed by atoms with Crippen molar-refractivity contribution >= 4 is 11.9 Å². The Balaban J connectivity index is 2.88. The first-order valence-electron chi connectivity index (χ1n) is 3.99. The maximum Gasteiger partial charge on any atom is 0.323 e. The zero-order valence-corrected chi connectivity index (χ0v) is 7.70. The third-order valence-corrected chi connectivity index (χ3v) is 2.25. The summed E-state index contributed by atoms with van der Waals surface area (Å²) in [5.41, 5.74) is -1.12. The van der Waals surface area contributed by atoms with Crippen LogP contribution in [-0.2, 0) is 19.1 Å². The lowest BCUT2D eigenvalue weighted by Crippen LogP contribution is -2.38. The van der Waals surface area contributed by atoms with Gasteiger partial charge in [0.05, 0.1) is 14.2 Å². The molecule has 0 aromatic heterocycles. The summed E-state index contributed by atoms with van der Waals surface area (Å²) in [6.45, 7) is 0. The zero-order valence-electron chi connectivity index (χ0n) is 7.70. The van der Waals surface area contributed by atoms with Crippen LogP contribution in [0, 0.1) is 5.41 Å². The first-order valence-corrected chi connectivity index (χ1v) is 3.99. The molecule has 0 N–H and O–H groups in total. The fourth-order valence-electron chi connectivity index (χ4n) is 1.46. The second-order valence-electron chi connectivity index (χ2n) is 2.94. The minimum atomic E-state index is -1.12. The second-order valence-corrected chi connectivity index (χ2v) is 2.94. The topological polar surface area (TPSA) is 52.6 Å². The van der Waals surface area contributed by atoms with Crippen LogP contribution in [-0.4, -0.2) is 26.2 Å². The van der Waals surface area contributed by atoms with E-state index in [0.29, 0.717) is 12.8 Å². The van der Waals surface area contributed by atoms with E-state index in [0.717, 1.165) is 0 Å². The van der Waals surface area contributed by atoms with Gasteiger partial charge in [-0.1, -0.05) is 12.2 Å². The Labute approximate surface area is 76.5 Å². The molecule has 0 spiro atoms. The van der Waals surface area contributed by atoms with Gasteiger partial charge in [-0.15, -0.1) is 0 Å². The monoisotopic (exact) mass is 184 g/mol. The highest BCUT2D eigenvalue weighted by molar-refractivity contribution is 6.00. The first kappa shape index (κ1) is 9.77. The van der Waals surface area contributed by atoms with Crippen molar-refractivity contribution in [1.82, 2.24) is 0 Å². The Morgan fingerprint density at radius 2 is 1.46 bits per heavy atom. The number of ether oxygens (including phenoxy) is 2. The zero-order chi connectivity index (χ0) is 9.90. The normalized spacial score (nSPS) is 18.3. The predicted octanol–water partition coefficient (Wildman–Crippen LogP) is 0.669. The van der Waals surface area contributed by atoms with Crippen molar-refractivity contribution < 1.29 is 19.1 Å². The average Bonchev–Trinajstić information content (AvgIpc) is 2.65. The van der Waals surface area contributed by atoms with E-state index in [4.69, 9.17) is 0 Å². The Bertz CT molecular complexity index is 228. The largest absolute Gasteiger partial charge is 0.468 e. The molecule has 4 heteroatoms. The van der Waals surface area contributed by atoms with Crippen LogP contribution in [0.1, 0.15) is 12.8 Å². The molecule has 0 saturated carbocycles. The van der Waals surface area contributed by atoms with Gasteiger partial charge in [0.1, 0.15) is 0 Å². The number of esters is 2. The molecule has 0 aromatic carbocycles. The van der Waals surface area contributed by atoms with Crippen LogP contribution >= 0.6 is 0 Å². The molecule has 13 heavy (non-hydrogen) atoms. The van der Waals surface area contributed by atoms with Crippen LogP contribution in [0.2, 0.25) is 0 Å². The highest BCUT2D eigenvalue weighted by Crippen LogP contribution is 2.35. The van der Waals surface area contributed by atoms with E-state index in [9.17, 15) is 9.59 Å². The van der Waals surface area contributed by atoms with Crippen molar-refractivity contribution in [3.05, 3.63) is 12.2 Å². The van der Waals surface area contributed by atoms with E-state index in [-0.39, 0.29) is 0 Å². The average molecular weight is 184 g/mol. The first-order chi connectivity index (χ1) is 6.17. The lowest BCUT2D eigenvalue weighted by Gasteiger charge is -2.22. The van der Waals surface area contributed by atoms with E-state index in [2.05, 4.69) is 9.47 Å². The van der Waals surface area contributed by atoms with Crippen molar-refractivity contribution in [2.75, 3.05) is 14.2 Å². The van der Waals surface area contributed by atoms with Gasteiger partial charge in [-0.3, -0.25) is 9.59 Å². The molecule has 0 heterocycles. The Kier molecular flexibility index (Phi) is 2.70. The summed E-state index contributed by atoms with van der Waals surface area (Å²) >= 11 is 0. The van der Waals surface area contributed by atoms with Gasteiger partial charge in [-0.05, 0) is 12.8 Å². The summed E-state index contributed by atoms with van der Waals surface area (Å²) in [4.78, 5) is 22.7. The van der Waals surface area contributed by atoms with Crippen LogP contribution in [0.3, 0.4) is 0 Å². The molecule has 72 valence electrons. The standard InChI is InChI=1S/C9H12O4/c1-12-7(10)9(8(11)13-2)5-3-4-6-9/h3-4H,5-6H2,1-2H3.